The predicted octanol–water partition coefficient (Wildman–Crippen LogP) is 0.411. The quantitative estimate of drug-likeness (QED) is 0.623. The first-order valence-electron chi connectivity index (χ1n) is 8.82. The van der Waals surface area contributed by atoms with Gasteiger partial charge >= 0.3 is 5.69 Å². The van der Waals surface area contributed by atoms with E-state index in [0.717, 1.165) is 17.5 Å². The van der Waals surface area contributed by atoms with E-state index in [-0.39, 0.29) is 12.2 Å². The normalized spacial score (nSPS) is 19.9. The number of hydrogen-bond acceptors (Lipinski definition) is 5. The summed E-state index contributed by atoms with van der Waals surface area (Å²) >= 11 is 0. The number of para-hydroxylation sites is 1. The Labute approximate surface area is 146 Å². The molecule has 4 N–H and O–H groups in total. The third kappa shape index (κ3) is 3.50. The van der Waals surface area contributed by atoms with Gasteiger partial charge in [0.15, 0.2) is 0 Å². The molecular formula is C18H28N2O5. The van der Waals surface area contributed by atoms with Crippen molar-refractivity contribution in [2.45, 2.75) is 64.5 Å². The van der Waals surface area contributed by atoms with Crippen LogP contribution in [0.15, 0.2) is 23.0 Å². The van der Waals surface area contributed by atoms with Crippen molar-refractivity contribution >= 4 is 11.0 Å². The van der Waals surface area contributed by atoms with E-state index in [1.165, 1.54) is 4.57 Å². The van der Waals surface area contributed by atoms with Gasteiger partial charge in [0.1, 0.15) is 18.3 Å². The van der Waals surface area contributed by atoms with E-state index >= 15 is 0 Å². The maximum Gasteiger partial charge on any atom is 0.329 e. The Morgan fingerprint density at radius 2 is 1.88 bits per heavy atom. The highest BCUT2D eigenvalue weighted by atomic mass is 16.4. The fourth-order valence-corrected chi connectivity index (χ4v) is 3.32. The van der Waals surface area contributed by atoms with Crippen LogP contribution in [0.4, 0.5) is 0 Å². The van der Waals surface area contributed by atoms with Crippen LogP contribution in [-0.2, 0) is 13.1 Å². The highest BCUT2D eigenvalue weighted by Crippen LogP contribution is 2.32. The van der Waals surface area contributed by atoms with Crippen molar-refractivity contribution in [3.8, 4) is 0 Å². The fraction of sp³-hybridized carbons (Fsp3) is 0.611. The number of benzene rings is 1. The van der Waals surface area contributed by atoms with Gasteiger partial charge in [-0.15, -0.1) is 0 Å². The lowest BCUT2D eigenvalue weighted by atomic mass is 9.94. The van der Waals surface area contributed by atoms with Gasteiger partial charge in [0.25, 0.3) is 0 Å². The van der Waals surface area contributed by atoms with Gasteiger partial charge in [-0.05, 0) is 24.0 Å². The van der Waals surface area contributed by atoms with Crippen LogP contribution in [0, 0.1) is 0 Å². The molecule has 7 heteroatoms. The number of nitrogens with zero attached hydrogens (tertiary/aromatic N) is 2. The number of aryl methyl sites for hydroxylation is 1. The molecular weight excluding hydrogens is 324 g/mol. The van der Waals surface area contributed by atoms with Crippen molar-refractivity contribution in [1.29, 1.82) is 0 Å². The molecule has 2 aromatic rings. The van der Waals surface area contributed by atoms with Crippen LogP contribution in [0.5, 0.6) is 0 Å². The maximum absolute atomic E-state index is 12.6. The first-order chi connectivity index (χ1) is 12.0. The van der Waals surface area contributed by atoms with Gasteiger partial charge in [0.2, 0.25) is 0 Å². The standard InChI is InChI=1S/C16H22N2O5.C2H6/c1-9-5-6-17-14-10(9)3-2-4-11(14)18(16(17)23)7-12(20)15(22)13(21)8-19;1-2/h2-4,9,12-13,15,19-22H,5-8H2,1H3;1-2H3. The Bertz CT molecular complexity index is 767. The third-order valence-electron chi connectivity index (χ3n) is 4.73. The summed E-state index contributed by atoms with van der Waals surface area (Å²) < 4.78 is 3.13. The SMILES string of the molecule is CC.CC1CCn2c(=O)n(CC(O)C(O)C(O)CO)c3cccc1c32. The second-order valence-corrected chi connectivity index (χ2v) is 6.26. The zero-order valence-electron chi connectivity index (χ0n) is 15.0. The Balaban J connectivity index is 0.00000109. The molecule has 0 bridgehead atoms. The molecule has 0 spiro atoms. The van der Waals surface area contributed by atoms with Crippen LogP contribution in [0.25, 0.3) is 11.0 Å². The van der Waals surface area contributed by atoms with Gasteiger partial charge in [-0.2, -0.15) is 0 Å². The molecule has 1 aliphatic rings. The summed E-state index contributed by atoms with van der Waals surface area (Å²) in [5.41, 5.74) is 2.46. The molecule has 1 aromatic carbocycles. The molecule has 1 aromatic heterocycles. The second-order valence-electron chi connectivity index (χ2n) is 6.26. The Morgan fingerprint density at radius 1 is 1.20 bits per heavy atom. The van der Waals surface area contributed by atoms with Gasteiger partial charge in [0, 0.05) is 6.54 Å². The zero-order chi connectivity index (χ0) is 18.7. The minimum atomic E-state index is -1.52. The van der Waals surface area contributed by atoms with Crippen molar-refractivity contribution in [2.75, 3.05) is 6.61 Å². The number of rotatable bonds is 5. The summed E-state index contributed by atoms with van der Waals surface area (Å²) in [6, 6.07) is 5.70. The molecule has 0 saturated carbocycles. The van der Waals surface area contributed by atoms with E-state index < -0.39 is 24.9 Å². The van der Waals surface area contributed by atoms with E-state index in [1.54, 1.807) is 4.57 Å². The van der Waals surface area contributed by atoms with Crippen LogP contribution in [-0.4, -0.2) is 54.5 Å². The van der Waals surface area contributed by atoms with E-state index in [1.807, 2.05) is 32.0 Å². The first kappa shape index (κ1) is 19.7. The molecule has 0 aliphatic carbocycles. The maximum atomic E-state index is 12.6. The van der Waals surface area contributed by atoms with Crippen molar-refractivity contribution < 1.29 is 20.4 Å². The van der Waals surface area contributed by atoms with Crippen molar-refractivity contribution in [3.05, 3.63) is 34.2 Å². The fourth-order valence-electron chi connectivity index (χ4n) is 3.32. The molecule has 0 amide bonds. The van der Waals surface area contributed by atoms with E-state index in [4.69, 9.17) is 5.11 Å². The van der Waals surface area contributed by atoms with E-state index in [2.05, 4.69) is 6.92 Å². The molecule has 1 aliphatic heterocycles. The van der Waals surface area contributed by atoms with Gasteiger partial charge in [-0.1, -0.05) is 32.9 Å². The second kappa shape index (κ2) is 8.14. The van der Waals surface area contributed by atoms with Gasteiger partial charge in [-0.25, -0.2) is 4.79 Å². The summed E-state index contributed by atoms with van der Waals surface area (Å²) in [6.07, 6.45) is -3.43. The first-order valence-corrected chi connectivity index (χ1v) is 8.82. The molecule has 140 valence electrons. The summed E-state index contributed by atoms with van der Waals surface area (Å²) in [4.78, 5) is 12.6. The smallest absolute Gasteiger partial charge is 0.329 e. The monoisotopic (exact) mass is 352 g/mol. The molecule has 4 atom stereocenters. The average molecular weight is 352 g/mol. The molecule has 7 nitrogen and oxygen atoms in total. The number of imidazole rings is 1. The van der Waals surface area contributed by atoms with Crippen molar-refractivity contribution in [3.63, 3.8) is 0 Å². The molecule has 4 unspecified atom stereocenters. The summed E-state index contributed by atoms with van der Waals surface area (Å²) in [5.74, 6) is 0.362. The van der Waals surface area contributed by atoms with Crippen LogP contribution in [0.3, 0.4) is 0 Å². The molecule has 2 heterocycles. The molecule has 0 fully saturated rings. The highest BCUT2D eigenvalue weighted by Gasteiger charge is 2.28. The minimum absolute atomic E-state index is 0.140. The average Bonchev–Trinajstić information content (AvgIpc) is 2.91. The van der Waals surface area contributed by atoms with Gasteiger partial charge < -0.3 is 20.4 Å². The Kier molecular flexibility index (Phi) is 6.40. The predicted molar refractivity (Wildman–Crippen MR) is 95.7 cm³/mol. The number of aliphatic hydroxyl groups excluding tert-OH is 4. The summed E-state index contributed by atoms with van der Waals surface area (Å²) in [7, 11) is 0. The van der Waals surface area contributed by atoms with Crippen LogP contribution in [0.2, 0.25) is 0 Å². The van der Waals surface area contributed by atoms with Crippen LogP contribution in [0.1, 0.15) is 38.7 Å². The summed E-state index contributed by atoms with van der Waals surface area (Å²) in [6.45, 7) is 5.95. The van der Waals surface area contributed by atoms with Crippen molar-refractivity contribution in [2.24, 2.45) is 0 Å². The van der Waals surface area contributed by atoms with Crippen molar-refractivity contribution in [1.82, 2.24) is 9.13 Å². The molecule has 0 saturated heterocycles. The largest absolute Gasteiger partial charge is 0.394 e. The number of aromatic nitrogens is 2. The molecule has 25 heavy (non-hydrogen) atoms. The lowest BCUT2D eigenvalue weighted by molar-refractivity contribution is -0.0805. The lowest BCUT2D eigenvalue weighted by Crippen LogP contribution is -2.43. The van der Waals surface area contributed by atoms with Gasteiger partial charge in [0.05, 0.1) is 24.2 Å². The zero-order valence-corrected chi connectivity index (χ0v) is 15.0. The van der Waals surface area contributed by atoms with E-state index in [9.17, 15) is 20.1 Å². The highest BCUT2D eigenvalue weighted by molar-refractivity contribution is 5.81. The number of aliphatic hydroxyl groups is 4. The Hall–Kier alpha value is -1.67. The van der Waals surface area contributed by atoms with Crippen LogP contribution < -0.4 is 5.69 Å². The third-order valence-corrected chi connectivity index (χ3v) is 4.73. The summed E-state index contributed by atoms with van der Waals surface area (Å²) in [5, 5.41) is 38.2. The van der Waals surface area contributed by atoms with Gasteiger partial charge in [-0.3, -0.25) is 9.13 Å². The Morgan fingerprint density at radius 3 is 2.52 bits per heavy atom. The topological polar surface area (TPSA) is 108 Å². The lowest BCUT2D eigenvalue weighted by Gasteiger charge is -2.21. The molecule has 0 radical (unpaired) electrons. The minimum Gasteiger partial charge on any atom is -0.394 e. The molecule has 3 rings (SSSR count). The van der Waals surface area contributed by atoms with Crippen LogP contribution >= 0.6 is 0 Å². The number of hydrogen-bond donors (Lipinski definition) is 4. The van der Waals surface area contributed by atoms with E-state index in [0.29, 0.717) is 18.0 Å².